The molecule has 1 aromatic carbocycles. The number of benzene rings is 1. The van der Waals surface area contributed by atoms with Crippen LogP contribution in [-0.4, -0.2) is 30.5 Å². The molecule has 2 aromatic rings. The number of rotatable bonds is 8. The van der Waals surface area contributed by atoms with E-state index >= 15 is 0 Å². The Hall–Kier alpha value is -1.85. The van der Waals surface area contributed by atoms with E-state index in [-0.39, 0.29) is 5.91 Å². The van der Waals surface area contributed by atoms with Gasteiger partial charge in [0.1, 0.15) is 5.75 Å². The number of nitrogens with one attached hydrogen (secondary N) is 1. The van der Waals surface area contributed by atoms with Gasteiger partial charge in [-0.3, -0.25) is 9.69 Å². The van der Waals surface area contributed by atoms with Crippen LogP contribution in [0.25, 0.3) is 0 Å². The molecule has 0 bridgehead atoms. The number of methoxy groups -OCH3 is 1. The molecule has 1 heterocycles. The molecule has 5 heteroatoms. The van der Waals surface area contributed by atoms with Crippen LogP contribution in [0.15, 0.2) is 41.8 Å². The zero-order valence-electron chi connectivity index (χ0n) is 13.3. The Bertz CT molecular complexity index is 638. The SMILES string of the molecule is COc1ccccc1CN(CC(=O)NCc1cccs1)C1CC1. The molecule has 0 radical (unpaired) electrons. The van der Waals surface area contributed by atoms with E-state index in [0.29, 0.717) is 19.1 Å². The molecule has 3 rings (SSSR count). The third-order valence-electron chi connectivity index (χ3n) is 4.02. The summed E-state index contributed by atoms with van der Waals surface area (Å²) in [7, 11) is 1.69. The number of amides is 1. The fourth-order valence-corrected chi connectivity index (χ4v) is 3.29. The molecule has 122 valence electrons. The van der Waals surface area contributed by atoms with Crippen molar-refractivity contribution in [3.05, 3.63) is 52.2 Å². The molecule has 1 aliphatic carbocycles. The van der Waals surface area contributed by atoms with Crippen LogP contribution < -0.4 is 10.1 Å². The van der Waals surface area contributed by atoms with Crippen LogP contribution in [0.2, 0.25) is 0 Å². The molecule has 4 nitrogen and oxygen atoms in total. The highest BCUT2D eigenvalue weighted by Gasteiger charge is 2.30. The molecule has 23 heavy (non-hydrogen) atoms. The lowest BCUT2D eigenvalue weighted by Gasteiger charge is -2.22. The molecule has 0 saturated heterocycles. The summed E-state index contributed by atoms with van der Waals surface area (Å²) >= 11 is 1.67. The minimum Gasteiger partial charge on any atom is -0.496 e. The predicted molar refractivity (Wildman–Crippen MR) is 92.6 cm³/mol. The van der Waals surface area contributed by atoms with Crippen molar-refractivity contribution in [2.24, 2.45) is 0 Å². The lowest BCUT2D eigenvalue weighted by atomic mass is 10.2. The Kier molecular flexibility index (Phi) is 5.31. The molecule has 0 aliphatic heterocycles. The van der Waals surface area contributed by atoms with Gasteiger partial charge in [0.05, 0.1) is 20.2 Å². The van der Waals surface area contributed by atoms with Crippen molar-refractivity contribution < 1.29 is 9.53 Å². The highest BCUT2D eigenvalue weighted by molar-refractivity contribution is 7.09. The molecule has 1 aromatic heterocycles. The van der Waals surface area contributed by atoms with Crippen molar-refractivity contribution in [2.45, 2.75) is 32.0 Å². The van der Waals surface area contributed by atoms with Crippen LogP contribution in [0.4, 0.5) is 0 Å². The van der Waals surface area contributed by atoms with Gasteiger partial charge in [-0.2, -0.15) is 0 Å². The van der Waals surface area contributed by atoms with E-state index in [1.807, 2.05) is 35.7 Å². The van der Waals surface area contributed by atoms with E-state index in [1.165, 1.54) is 17.7 Å². The van der Waals surface area contributed by atoms with Gasteiger partial charge in [0.25, 0.3) is 0 Å². The van der Waals surface area contributed by atoms with Crippen LogP contribution in [0.3, 0.4) is 0 Å². The maximum absolute atomic E-state index is 12.2. The Morgan fingerprint density at radius 2 is 2.13 bits per heavy atom. The van der Waals surface area contributed by atoms with Gasteiger partial charge >= 0.3 is 0 Å². The second-order valence-corrected chi connectivity index (χ2v) is 6.84. The first kappa shape index (κ1) is 16.0. The standard InChI is InChI=1S/C18H22N2O2S/c1-22-17-7-3-2-5-14(17)12-20(15-8-9-15)13-18(21)19-11-16-6-4-10-23-16/h2-7,10,15H,8-9,11-13H2,1H3,(H,19,21). The summed E-state index contributed by atoms with van der Waals surface area (Å²) in [6.07, 6.45) is 2.35. The van der Waals surface area contributed by atoms with Crippen LogP contribution in [-0.2, 0) is 17.9 Å². The minimum atomic E-state index is 0.0835. The number of hydrogen-bond acceptors (Lipinski definition) is 4. The van der Waals surface area contributed by atoms with Crippen molar-refractivity contribution in [3.63, 3.8) is 0 Å². The molecule has 0 unspecified atom stereocenters. The quantitative estimate of drug-likeness (QED) is 0.809. The van der Waals surface area contributed by atoms with Crippen LogP contribution >= 0.6 is 11.3 Å². The lowest BCUT2D eigenvalue weighted by molar-refractivity contribution is -0.122. The maximum Gasteiger partial charge on any atom is 0.234 e. The fraction of sp³-hybridized carbons (Fsp3) is 0.389. The monoisotopic (exact) mass is 330 g/mol. The first-order valence-corrected chi connectivity index (χ1v) is 8.79. The van der Waals surface area contributed by atoms with E-state index < -0.39 is 0 Å². The summed E-state index contributed by atoms with van der Waals surface area (Å²) < 4.78 is 5.42. The van der Waals surface area contributed by atoms with Gasteiger partial charge in [-0.05, 0) is 30.4 Å². The number of thiophene rings is 1. The zero-order chi connectivity index (χ0) is 16.1. The van der Waals surface area contributed by atoms with E-state index in [0.717, 1.165) is 17.9 Å². The lowest BCUT2D eigenvalue weighted by Crippen LogP contribution is -2.37. The number of nitrogens with zero attached hydrogens (tertiary/aromatic N) is 1. The van der Waals surface area contributed by atoms with Gasteiger partial charge in [0.2, 0.25) is 5.91 Å². The molecule has 0 spiro atoms. The molecule has 1 amide bonds. The maximum atomic E-state index is 12.2. The van der Waals surface area contributed by atoms with Gasteiger partial charge in [0, 0.05) is 23.0 Å². The number of ether oxygens (including phenoxy) is 1. The fourth-order valence-electron chi connectivity index (χ4n) is 2.65. The average Bonchev–Trinajstić information content (AvgIpc) is 3.29. The summed E-state index contributed by atoms with van der Waals surface area (Å²) in [5.41, 5.74) is 1.13. The molecule has 1 fully saturated rings. The number of carbonyl (C=O) groups is 1. The van der Waals surface area contributed by atoms with Crippen molar-refractivity contribution >= 4 is 17.2 Å². The molecule has 1 saturated carbocycles. The summed E-state index contributed by atoms with van der Waals surface area (Å²) in [5, 5.41) is 5.04. The predicted octanol–water partition coefficient (Wildman–Crippen LogP) is 3.04. The van der Waals surface area contributed by atoms with Gasteiger partial charge in [0.15, 0.2) is 0 Å². The molecule has 1 N–H and O–H groups in total. The normalized spacial score (nSPS) is 14.0. The average molecular weight is 330 g/mol. The van der Waals surface area contributed by atoms with Crippen molar-refractivity contribution in [1.29, 1.82) is 0 Å². The first-order chi connectivity index (χ1) is 11.3. The van der Waals surface area contributed by atoms with Gasteiger partial charge in [-0.25, -0.2) is 0 Å². The molecular weight excluding hydrogens is 308 g/mol. The Morgan fingerprint density at radius 1 is 1.30 bits per heavy atom. The largest absolute Gasteiger partial charge is 0.496 e. The Labute approximate surface area is 141 Å². The first-order valence-electron chi connectivity index (χ1n) is 7.91. The topological polar surface area (TPSA) is 41.6 Å². The van der Waals surface area contributed by atoms with E-state index in [1.54, 1.807) is 18.4 Å². The minimum absolute atomic E-state index is 0.0835. The molecule has 0 atom stereocenters. The van der Waals surface area contributed by atoms with E-state index in [4.69, 9.17) is 4.74 Å². The van der Waals surface area contributed by atoms with Crippen LogP contribution in [0.1, 0.15) is 23.3 Å². The highest BCUT2D eigenvalue weighted by Crippen LogP contribution is 2.30. The van der Waals surface area contributed by atoms with Crippen molar-refractivity contribution in [3.8, 4) is 5.75 Å². The summed E-state index contributed by atoms with van der Waals surface area (Å²) in [5.74, 6) is 0.970. The van der Waals surface area contributed by atoms with Crippen molar-refractivity contribution in [2.75, 3.05) is 13.7 Å². The summed E-state index contributed by atoms with van der Waals surface area (Å²) in [4.78, 5) is 15.7. The Balaban J connectivity index is 1.57. The van der Waals surface area contributed by atoms with Crippen molar-refractivity contribution in [1.82, 2.24) is 10.2 Å². The van der Waals surface area contributed by atoms with Crippen LogP contribution in [0, 0.1) is 0 Å². The van der Waals surface area contributed by atoms with Gasteiger partial charge in [-0.15, -0.1) is 11.3 Å². The van der Waals surface area contributed by atoms with E-state index in [9.17, 15) is 4.79 Å². The number of carbonyl (C=O) groups excluding carboxylic acids is 1. The third kappa shape index (κ3) is 4.56. The second kappa shape index (κ2) is 7.62. The van der Waals surface area contributed by atoms with Gasteiger partial charge in [-0.1, -0.05) is 24.3 Å². The Morgan fingerprint density at radius 3 is 2.83 bits per heavy atom. The summed E-state index contributed by atoms with van der Waals surface area (Å²) in [6, 6.07) is 12.6. The van der Waals surface area contributed by atoms with E-state index in [2.05, 4.69) is 16.3 Å². The van der Waals surface area contributed by atoms with Crippen LogP contribution in [0.5, 0.6) is 5.75 Å². The molecular formula is C18H22N2O2S. The second-order valence-electron chi connectivity index (χ2n) is 5.80. The summed E-state index contributed by atoms with van der Waals surface area (Å²) in [6.45, 7) is 1.80. The zero-order valence-corrected chi connectivity index (χ0v) is 14.1. The number of hydrogen-bond donors (Lipinski definition) is 1. The highest BCUT2D eigenvalue weighted by atomic mass is 32.1. The number of para-hydroxylation sites is 1. The third-order valence-corrected chi connectivity index (χ3v) is 4.89. The smallest absolute Gasteiger partial charge is 0.234 e. The molecule has 1 aliphatic rings. The van der Waals surface area contributed by atoms with Gasteiger partial charge < -0.3 is 10.1 Å².